The number of aromatic nitrogens is 5. The number of aliphatic carboxylic acids is 1. The van der Waals surface area contributed by atoms with E-state index in [4.69, 9.17) is 35.5 Å². The maximum absolute atomic E-state index is 14.2. The Morgan fingerprint density at radius 1 is 0.871 bits per heavy atom. The number of likely N-dealkylation sites (N-methyl/N-ethyl adjacent to an activating group) is 1. The van der Waals surface area contributed by atoms with E-state index < -0.39 is 12.1 Å². The zero-order valence-electron chi connectivity index (χ0n) is 34.5. The number of ether oxygens (including phenoxy) is 4. The second-order valence-electron chi connectivity index (χ2n) is 14.9. The van der Waals surface area contributed by atoms with Crippen LogP contribution < -0.4 is 18.9 Å². The summed E-state index contributed by atoms with van der Waals surface area (Å²) in [5, 5.41) is 15.5. The van der Waals surface area contributed by atoms with Gasteiger partial charge >= 0.3 is 5.97 Å². The molecule has 0 amide bonds. The highest BCUT2D eigenvalue weighted by Crippen LogP contribution is 2.44. The van der Waals surface area contributed by atoms with Gasteiger partial charge in [0.25, 0.3) is 0 Å². The molecule has 62 heavy (non-hydrogen) atoms. The topological polar surface area (TPSA) is 137 Å². The molecule has 7 aromatic rings. The number of rotatable bonds is 16. The van der Waals surface area contributed by atoms with E-state index in [0.29, 0.717) is 73.7 Å². The summed E-state index contributed by atoms with van der Waals surface area (Å²) in [4.78, 5) is 31.3. The number of para-hydroxylation sites is 2. The van der Waals surface area contributed by atoms with Crippen LogP contribution in [0, 0.1) is 12.7 Å². The lowest BCUT2D eigenvalue weighted by molar-refractivity contribution is -0.145. The molecule has 8 rings (SSSR count). The van der Waals surface area contributed by atoms with Crippen LogP contribution >= 0.6 is 11.6 Å². The summed E-state index contributed by atoms with van der Waals surface area (Å²) in [6.07, 6.45) is 3.28. The molecule has 1 N–H and O–H groups in total. The second-order valence-corrected chi connectivity index (χ2v) is 15.3. The number of methoxy groups -OCH3 is 1. The largest absolute Gasteiger partial charge is 0.496 e. The molecule has 318 valence electrons. The van der Waals surface area contributed by atoms with Gasteiger partial charge < -0.3 is 29.0 Å². The summed E-state index contributed by atoms with van der Waals surface area (Å²) >= 11 is 7.04. The van der Waals surface area contributed by atoms with Crippen molar-refractivity contribution in [2.75, 3.05) is 53.5 Å². The number of carboxylic acids is 1. The van der Waals surface area contributed by atoms with E-state index in [0.717, 1.165) is 43.9 Å². The number of benzene rings is 4. The van der Waals surface area contributed by atoms with Crippen molar-refractivity contribution >= 4 is 23.1 Å². The molecular formula is C47H45ClFN7O6. The van der Waals surface area contributed by atoms with Crippen molar-refractivity contribution in [2.45, 2.75) is 26.1 Å². The predicted molar refractivity (Wildman–Crippen MR) is 234 cm³/mol. The third-order valence-electron chi connectivity index (χ3n) is 10.9. The Labute approximate surface area is 363 Å². The minimum atomic E-state index is -1.40. The van der Waals surface area contributed by atoms with Crippen molar-refractivity contribution < 1.29 is 33.2 Å². The second kappa shape index (κ2) is 19.0. The average Bonchev–Trinajstić information content (AvgIpc) is 3.68. The number of carboxylic acid groups (broad SMARTS) is 1. The maximum atomic E-state index is 14.2. The molecule has 1 fully saturated rings. The zero-order chi connectivity index (χ0) is 43.2. The maximum Gasteiger partial charge on any atom is 0.345 e. The van der Waals surface area contributed by atoms with E-state index >= 15 is 0 Å². The van der Waals surface area contributed by atoms with Gasteiger partial charge in [0.15, 0.2) is 5.82 Å². The molecule has 15 heteroatoms. The highest BCUT2D eigenvalue weighted by molar-refractivity contribution is 6.33. The number of fused-ring (bicyclic) bond motifs is 1. The minimum Gasteiger partial charge on any atom is -0.496 e. The molecule has 1 atom stereocenters. The summed E-state index contributed by atoms with van der Waals surface area (Å²) in [5.41, 5.74) is 5.79. The van der Waals surface area contributed by atoms with Crippen molar-refractivity contribution in [2.24, 2.45) is 0 Å². The number of nitrogens with zero attached hydrogens (tertiary/aromatic N) is 7. The van der Waals surface area contributed by atoms with Gasteiger partial charge in [-0.05, 0) is 78.7 Å². The van der Waals surface area contributed by atoms with Crippen LogP contribution in [0.5, 0.6) is 23.1 Å². The van der Waals surface area contributed by atoms with Crippen LogP contribution in [-0.4, -0.2) is 105 Å². The molecule has 0 aliphatic carbocycles. The fourth-order valence-corrected chi connectivity index (χ4v) is 7.72. The Balaban J connectivity index is 1.08. The number of piperazine rings is 1. The number of halogens is 2. The van der Waals surface area contributed by atoms with Crippen LogP contribution in [0.3, 0.4) is 0 Å². The Hall–Kier alpha value is -6.61. The van der Waals surface area contributed by atoms with Gasteiger partial charge in [0, 0.05) is 62.7 Å². The Bertz CT molecular complexity index is 2690. The molecule has 4 aromatic carbocycles. The van der Waals surface area contributed by atoms with Gasteiger partial charge in [-0.3, -0.25) is 4.90 Å². The van der Waals surface area contributed by atoms with Crippen LogP contribution in [0.15, 0.2) is 110 Å². The van der Waals surface area contributed by atoms with E-state index in [1.165, 1.54) is 18.5 Å². The summed E-state index contributed by atoms with van der Waals surface area (Å²) in [7, 11) is 3.72. The molecule has 4 heterocycles. The molecule has 3 aromatic heterocycles. The molecule has 13 nitrogen and oxygen atoms in total. The van der Waals surface area contributed by atoms with Gasteiger partial charge in [-0.15, -0.1) is 0 Å². The molecule has 1 saturated heterocycles. The molecule has 0 saturated carbocycles. The van der Waals surface area contributed by atoms with Crippen LogP contribution in [0.1, 0.15) is 16.8 Å². The van der Waals surface area contributed by atoms with Crippen molar-refractivity contribution in [1.82, 2.24) is 34.4 Å². The molecule has 0 unspecified atom stereocenters. The molecule has 0 radical (unpaired) electrons. The highest BCUT2D eigenvalue weighted by Gasteiger charge is 2.28. The first kappa shape index (κ1) is 42.1. The quantitative estimate of drug-likeness (QED) is 0.101. The van der Waals surface area contributed by atoms with Crippen molar-refractivity contribution in [3.63, 3.8) is 0 Å². The highest BCUT2D eigenvalue weighted by atomic mass is 35.5. The first-order chi connectivity index (χ1) is 30.2. The third kappa shape index (κ3) is 9.32. The summed E-state index contributed by atoms with van der Waals surface area (Å²) in [6, 6.07) is 26.3. The fourth-order valence-electron chi connectivity index (χ4n) is 7.50. The lowest BCUT2D eigenvalue weighted by atomic mass is 9.94. The van der Waals surface area contributed by atoms with E-state index in [-0.39, 0.29) is 24.7 Å². The molecule has 0 spiro atoms. The lowest BCUT2D eigenvalue weighted by Gasteiger charge is -2.32. The van der Waals surface area contributed by atoms with Crippen molar-refractivity contribution in [1.29, 1.82) is 0 Å². The van der Waals surface area contributed by atoms with E-state index in [9.17, 15) is 14.3 Å². The standard InChI is InChI=1S/C47H45ClFN7O6/c1-30-35(16-17-40(43(30)48)60-25-24-55-22-20-54(2)21-23-55)42-37(31-12-14-33(49)15-13-31)27-56-44(42)46(51-29-52-56)62-41(47(57)58)26-32-8-4-6-10-38(32)61-28-34-18-19-50-45(53-34)36-9-5-7-11-39(36)59-3/h4-19,27,29,41H,20-26,28H2,1-3H3,(H,57,58)/t41-/m1/s1. The first-order valence-electron chi connectivity index (χ1n) is 20.2. The molecule has 1 aliphatic rings. The van der Waals surface area contributed by atoms with Crippen LogP contribution in [0.25, 0.3) is 39.2 Å². The number of carbonyl (C=O) groups is 1. The normalized spacial score (nSPS) is 13.8. The van der Waals surface area contributed by atoms with Crippen LogP contribution in [0.4, 0.5) is 4.39 Å². The van der Waals surface area contributed by atoms with Gasteiger partial charge in [-0.2, -0.15) is 10.1 Å². The third-order valence-corrected chi connectivity index (χ3v) is 11.4. The van der Waals surface area contributed by atoms with Gasteiger partial charge in [-0.1, -0.05) is 60.1 Å². The number of hydrogen-bond acceptors (Lipinski definition) is 11. The summed E-state index contributed by atoms with van der Waals surface area (Å²) in [5.74, 6) is 0.571. The summed E-state index contributed by atoms with van der Waals surface area (Å²) in [6.45, 7) is 7.22. The van der Waals surface area contributed by atoms with Gasteiger partial charge in [0.05, 0.1) is 23.4 Å². The summed E-state index contributed by atoms with van der Waals surface area (Å²) < 4.78 is 40.1. The average molecular weight is 858 g/mol. The van der Waals surface area contributed by atoms with Gasteiger partial charge in [-0.25, -0.2) is 23.7 Å². The van der Waals surface area contributed by atoms with Crippen molar-refractivity contribution in [3.8, 4) is 56.8 Å². The Kier molecular flexibility index (Phi) is 12.9. The van der Waals surface area contributed by atoms with E-state index in [1.807, 2.05) is 49.4 Å². The van der Waals surface area contributed by atoms with Crippen molar-refractivity contribution in [3.05, 3.63) is 137 Å². The van der Waals surface area contributed by atoms with Gasteiger partial charge in [0.1, 0.15) is 48.1 Å². The smallest absolute Gasteiger partial charge is 0.345 e. The lowest BCUT2D eigenvalue weighted by Crippen LogP contribution is -2.45. The monoisotopic (exact) mass is 857 g/mol. The Morgan fingerprint density at radius 3 is 2.40 bits per heavy atom. The van der Waals surface area contributed by atoms with Crippen LogP contribution in [-0.2, 0) is 17.8 Å². The SMILES string of the molecule is COc1ccccc1-c1nccc(COc2ccccc2C[C@@H](Oc2ncnn3cc(-c4ccc(F)cc4)c(-c4ccc(OCCN5CCN(C)CC5)c(Cl)c4C)c23)C(=O)O)n1. The van der Waals surface area contributed by atoms with E-state index in [1.54, 1.807) is 60.4 Å². The zero-order valence-corrected chi connectivity index (χ0v) is 35.3. The van der Waals surface area contributed by atoms with E-state index in [2.05, 4.69) is 31.9 Å². The minimum absolute atomic E-state index is 0.0297. The molecule has 0 bridgehead atoms. The Morgan fingerprint density at radius 2 is 1.63 bits per heavy atom. The predicted octanol–water partition coefficient (Wildman–Crippen LogP) is 7.91. The van der Waals surface area contributed by atoms with Crippen LogP contribution in [0.2, 0.25) is 5.02 Å². The first-order valence-corrected chi connectivity index (χ1v) is 20.6. The molecular weight excluding hydrogens is 813 g/mol. The fraction of sp³-hybridized carbons (Fsp3) is 0.255. The number of hydrogen-bond donors (Lipinski definition) is 1. The van der Waals surface area contributed by atoms with Gasteiger partial charge in [0.2, 0.25) is 12.0 Å². The molecule has 1 aliphatic heterocycles.